The minimum atomic E-state index is 0.636. The zero-order valence-corrected chi connectivity index (χ0v) is 13.2. The molecule has 0 saturated heterocycles. The maximum atomic E-state index is 3.21. The highest BCUT2D eigenvalue weighted by molar-refractivity contribution is 7.98. The second-order valence-corrected chi connectivity index (χ2v) is 6.80. The van der Waals surface area contributed by atoms with Gasteiger partial charge in [0.1, 0.15) is 0 Å². The van der Waals surface area contributed by atoms with Crippen molar-refractivity contribution in [3.05, 3.63) is 21.4 Å². The molecular weight excluding hydrogens is 248 g/mol. The van der Waals surface area contributed by atoms with Crippen molar-refractivity contribution >= 4 is 23.1 Å². The summed E-state index contributed by atoms with van der Waals surface area (Å²) in [7, 11) is 4.22. The van der Waals surface area contributed by atoms with Gasteiger partial charge in [-0.1, -0.05) is 0 Å². The largest absolute Gasteiger partial charge is 0.315 e. The Hall–Kier alpha value is -0.0300. The molecule has 1 heterocycles. The second-order valence-electron chi connectivity index (χ2n) is 4.54. The van der Waals surface area contributed by atoms with Crippen LogP contribution in [-0.4, -0.2) is 37.0 Å². The van der Waals surface area contributed by atoms with Crippen LogP contribution in [0.25, 0.3) is 0 Å². The SMILES string of the molecule is CNCc1cc(CN(C)C(C)CSC)c(C)s1. The summed E-state index contributed by atoms with van der Waals surface area (Å²) in [5.74, 6) is 1.20. The molecule has 17 heavy (non-hydrogen) atoms. The Morgan fingerprint density at radius 2 is 2.24 bits per heavy atom. The van der Waals surface area contributed by atoms with E-state index in [1.165, 1.54) is 21.1 Å². The molecule has 0 radical (unpaired) electrons. The maximum Gasteiger partial charge on any atom is 0.0296 e. The lowest BCUT2D eigenvalue weighted by atomic mass is 10.2. The highest BCUT2D eigenvalue weighted by atomic mass is 32.2. The van der Waals surface area contributed by atoms with E-state index in [9.17, 15) is 0 Å². The zero-order chi connectivity index (χ0) is 12.8. The molecule has 1 rings (SSSR count). The lowest BCUT2D eigenvalue weighted by Gasteiger charge is -2.23. The smallest absolute Gasteiger partial charge is 0.0296 e. The third kappa shape index (κ3) is 4.62. The van der Waals surface area contributed by atoms with Gasteiger partial charge < -0.3 is 5.32 Å². The van der Waals surface area contributed by atoms with Crippen LogP contribution in [-0.2, 0) is 13.1 Å². The Bertz CT molecular complexity index is 336. The monoisotopic (exact) mass is 272 g/mol. The molecule has 1 aromatic heterocycles. The number of aryl methyl sites for hydroxylation is 1. The van der Waals surface area contributed by atoms with E-state index in [4.69, 9.17) is 0 Å². The van der Waals surface area contributed by atoms with Crippen LogP contribution in [0, 0.1) is 6.92 Å². The van der Waals surface area contributed by atoms with E-state index in [2.05, 4.69) is 43.4 Å². The Balaban J connectivity index is 2.61. The highest BCUT2D eigenvalue weighted by Crippen LogP contribution is 2.23. The topological polar surface area (TPSA) is 15.3 Å². The van der Waals surface area contributed by atoms with Crippen LogP contribution in [0.15, 0.2) is 6.07 Å². The number of nitrogens with one attached hydrogen (secondary N) is 1. The van der Waals surface area contributed by atoms with E-state index < -0.39 is 0 Å². The van der Waals surface area contributed by atoms with Crippen LogP contribution >= 0.6 is 23.1 Å². The summed E-state index contributed by atoms with van der Waals surface area (Å²) in [6.07, 6.45) is 2.17. The molecule has 1 aromatic rings. The molecule has 0 bridgehead atoms. The number of nitrogens with zero attached hydrogens (tertiary/aromatic N) is 1. The quantitative estimate of drug-likeness (QED) is 0.821. The second kappa shape index (κ2) is 7.41. The van der Waals surface area contributed by atoms with E-state index in [0.717, 1.165) is 13.1 Å². The van der Waals surface area contributed by atoms with E-state index in [-0.39, 0.29) is 0 Å². The van der Waals surface area contributed by atoms with E-state index in [1.807, 2.05) is 30.1 Å². The van der Waals surface area contributed by atoms with E-state index >= 15 is 0 Å². The first kappa shape index (κ1) is 15.0. The molecule has 2 nitrogen and oxygen atoms in total. The van der Waals surface area contributed by atoms with Crippen LogP contribution in [0.5, 0.6) is 0 Å². The van der Waals surface area contributed by atoms with Crippen LogP contribution in [0.1, 0.15) is 22.2 Å². The molecule has 1 atom stereocenters. The van der Waals surface area contributed by atoms with Crippen LogP contribution in [0.4, 0.5) is 0 Å². The highest BCUT2D eigenvalue weighted by Gasteiger charge is 2.12. The predicted molar refractivity (Wildman–Crippen MR) is 81.1 cm³/mol. The molecule has 0 aliphatic carbocycles. The lowest BCUT2D eigenvalue weighted by molar-refractivity contribution is 0.269. The fourth-order valence-electron chi connectivity index (χ4n) is 1.80. The summed E-state index contributed by atoms with van der Waals surface area (Å²) in [6.45, 7) is 6.57. The van der Waals surface area contributed by atoms with Gasteiger partial charge in [0.15, 0.2) is 0 Å². The summed E-state index contributed by atoms with van der Waals surface area (Å²) < 4.78 is 0. The van der Waals surface area contributed by atoms with Gasteiger partial charge in [-0.05, 0) is 45.8 Å². The average Bonchev–Trinajstić information content (AvgIpc) is 2.60. The Kier molecular flexibility index (Phi) is 6.55. The molecular formula is C13H24N2S2. The molecule has 1 N–H and O–H groups in total. The lowest BCUT2D eigenvalue weighted by Crippen LogP contribution is -2.30. The van der Waals surface area contributed by atoms with E-state index in [1.54, 1.807) is 0 Å². The molecule has 1 unspecified atom stereocenters. The molecule has 0 aliphatic rings. The minimum absolute atomic E-state index is 0.636. The van der Waals surface area contributed by atoms with Gasteiger partial charge in [0.05, 0.1) is 0 Å². The first-order valence-electron chi connectivity index (χ1n) is 6.00. The van der Waals surface area contributed by atoms with Crippen molar-refractivity contribution in [3.8, 4) is 0 Å². The number of thiophene rings is 1. The minimum Gasteiger partial charge on any atom is -0.315 e. The molecule has 0 fully saturated rings. The molecule has 0 aromatic carbocycles. The number of thioether (sulfide) groups is 1. The molecule has 0 saturated carbocycles. The molecule has 0 amide bonds. The zero-order valence-electron chi connectivity index (χ0n) is 11.5. The van der Waals surface area contributed by atoms with Crippen molar-refractivity contribution in [1.82, 2.24) is 10.2 Å². The normalized spacial score (nSPS) is 13.3. The third-order valence-corrected chi connectivity index (χ3v) is 4.91. The van der Waals surface area contributed by atoms with Crippen molar-refractivity contribution in [2.45, 2.75) is 33.0 Å². The summed E-state index contributed by atoms with van der Waals surface area (Å²) >= 11 is 3.83. The van der Waals surface area contributed by atoms with Gasteiger partial charge in [0, 0.05) is 34.6 Å². The van der Waals surface area contributed by atoms with Crippen molar-refractivity contribution in [2.24, 2.45) is 0 Å². The van der Waals surface area contributed by atoms with Gasteiger partial charge in [-0.3, -0.25) is 4.90 Å². The predicted octanol–water partition coefficient (Wildman–Crippen LogP) is 2.96. The fraction of sp³-hybridized carbons (Fsp3) is 0.692. The maximum absolute atomic E-state index is 3.21. The first-order chi connectivity index (χ1) is 8.08. The van der Waals surface area contributed by atoms with E-state index in [0.29, 0.717) is 6.04 Å². The first-order valence-corrected chi connectivity index (χ1v) is 8.21. The van der Waals surface area contributed by atoms with Crippen molar-refractivity contribution in [2.75, 3.05) is 26.1 Å². The van der Waals surface area contributed by atoms with Crippen molar-refractivity contribution in [1.29, 1.82) is 0 Å². The Morgan fingerprint density at radius 3 is 2.82 bits per heavy atom. The molecule has 4 heteroatoms. The van der Waals surface area contributed by atoms with Crippen molar-refractivity contribution < 1.29 is 0 Å². The van der Waals surface area contributed by atoms with Gasteiger partial charge in [-0.2, -0.15) is 11.8 Å². The van der Waals surface area contributed by atoms with Crippen LogP contribution in [0.3, 0.4) is 0 Å². The Labute approximate surface area is 114 Å². The van der Waals surface area contributed by atoms with Crippen LogP contribution in [0.2, 0.25) is 0 Å². The van der Waals surface area contributed by atoms with Gasteiger partial charge in [0.2, 0.25) is 0 Å². The molecule has 0 spiro atoms. The molecule has 0 aliphatic heterocycles. The average molecular weight is 272 g/mol. The third-order valence-electron chi connectivity index (χ3n) is 3.00. The Morgan fingerprint density at radius 1 is 1.53 bits per heavy atom. The number of hydrogen-bond donors (Lipinski definition) is 1. The number of hydrogen-bond acceptors (Lipinski definition) is 4. The number of rotatable bonds is 7. The summed E-state index contributed by atoms with van der Waals surface area (Å²) in [6, 6.07) is 2.98. The van der Waals surface area contributed by atoms with Gasteiger partial charge >= 0.3 is 0 Å². The fourth-order valence-corrected chi connectivity index (χ4v) is 3.60. The van der Waals surface area contributed by atoms with Gasteiger partial charge in [-0.15, -0.1) is 11.3 Å². The van der Waals surface area contributed by atoms with Gasteiger partial charge in [-0.25, -0.2) is 0 Å². The standard InChI is InChI=1S/C13H24N2S2/c1-10(9-16-5)15(4)8-12-6-13(7-14-3)17-11(12)2/h6,10,14H,7-9H2,1-5H3. The molecule has 98 valence electrons. The van der Waals surface area contributed by atoms with Crippen LogP contribution < -0.4 is 5.32 Å². The van der Waals surface area contributed by atoms with Gasteiger partial charge in [0.25, 0.3) is 0 Å². The van der Waals surface area contributed by atoms with Crippen molar-refractivity contribution in [3.63, 3.8) is 0 Å². The summed E-state index contributed by atoms with van der Waals surface area (Å²) in [5.41, 5.74) is 1.48. The summed E-state index contributed by atoms with van der Waals surface area (Å²) in [4.78, 5) is 5.33. The summed E-state index contributed by atoms with van der Waals surface area (Å²) in [5, 5.41) is 3.21.